The molecule has 0 spiro atoms. The van der Waals surface area contributed by atoms with E-state index in [1.54, 1.807) is 0 Å². The zero-order chi connectivity index (χ0) is 16.1. The number of hydrogen-bond acceptors (Lipinski definition) is 4. The van der Waals surface area contributed by atoms with Crippen molar-refractivity contribution in [3.63, 3.8) is 0 Å². The van der Waals surface area contributed by atoms with Gasteiger partial charge in [0.15, 0.2) is 0 Å². The van der Waals surface area contributed by atoms with E-state index < -0.39 is 5.54 Å². The normalized spacial score (nSPS) is 19.6. The van der Waals surface area contributed by atoms with Crippen LogP contribution in [0.2, 0.25) is 0 Å². The van der Waals surface area contributed by atoms with Gasteiger partial charge in [-0.05, 0) is 25.0 Å². The van der Waals surface area contributed by atoms with Gasteiger partial charge in [-0.2, -0.15) is 0 Å². The molecule has 2 aliphatic rings. The molecule has 1 aromatic carbocycles. The number of halogens is 2. The highest BCUT2D eigenvalue weighted by Crippen LogP contribution is 2.29. The number of carbonyl (C=O) groups is 1. The third kappa shape index (κ3) is 5.74. The number of nitrogens with zero attached hydrogens (tertiary/aromatic N) is 2. The van der Waals surface area contributed by atoms with Crippen LogP contribution < -0.4 is 10.5 Å². The largest absolute Gasteiger partial charge is 0.492 e. The van der Waals surface area contributed by atoms with Crippen LogP contribution in [0.1, 0.15) is 25.7 Å². The maximum Gasteiger partial charge on any atom is 0.242 e. The van der Waals surface area contributed by atoms with Crippen LogP contribution in [0.25, 0.3) is 0 Å². The van der Waals surface area contributed by atoms with E-state index in [2.05, 4.69) is 4.90 Å². The van der Waals surface area contributed by atoms with E-state index in [4.69, 9.17) is 10.5 Å². The second-order valence-corrected chi connectivity index (χ2v) is 6.66. The highest BCUT2D eigenvalue weighted by atomic mass is 35.5. The summed E-state index contributed by atoms with van der Waals surface area (Å²) in [6, 6.07) is 9.88. The average Bonchev–Trinajstić information content (AvgIpc) is 3.04. The van der Waals surface area contributed by atoms with Gasteiger partial charge >= 0.3 is 0 Å². The Balaban J connectivity index is 0.00000156. The molecule has 1 saturated carbocycles. The number of hydrogen-bond donors (Lipinski definition) is 1. The number of benzene rings is 1. The molecule has 0 unspecified atom stereocenters. The fourth-order valence-corrected chi connectivity index (χ4v) is 3.52. The lowest BCUT2D eigenvalue weighted by molar-refractivity contribution is -0.138. The molecular weight excluding hydrogens is 361 g/mol. The molecule has 0 aromatic heterocycles. The Morgan fingerprint density at radius 2 is 1.64 bits per heavy atom. The highest BCUT2D eigenvalue weighted by Gasteiger charge is 2.40. The van der Waals surface area contributed by atoms with Gasteiger partial charge in [0.25, 0.3) is 0 Å². The molecule has 0 atom stereocenters. The molecule has 3 rings (SSSR count). The summed E-state index contributed by atoms with van der Waals surface area (Å²) in [7, 11) is 0. The average molecular weight is 390 g/mol. The maximum atomic E-state index is 12.6. The summed E-state index contributed by atoms with van der Waals surface area (Å²) < 4.78 is 5.74. The zero-order valence-corrected chi connectivity index (χ0v) is 16.2. The molecule has 1 aliphatic heterocycles. The molecule has 1 aliphatic carbocycles. The van der Waals surface area contributed by atoms with E-state index in [1.165, 1.54) is 0 Å². The van der Waals surface area contributed by atoms with Crippen LogP contribution >= 0.6 is 24.8 Å². The van der Waals surface area contributed by atoms with Gasteiger partial charge in [0.2, 0.25) is 5.91 Å². The molecule has 25 heavy (non-hydrogen) atoms. The fourth-order valence-electron chi connectivity index (χ4n) is 3.52. The minimum Gasteiger partial charge on any atom is -0.492 e. The smallest absolute Gasteiger partial charge is 0.242 e. The Bertz CT molecular complexity index is 516. The van der Waals surface area contributed by atoms with E-state index in [0.29, 0.717) is 6.61 Å². The third-order valence-electron chi connectivity index (χ3n) is 5.00. The standard InChI is InChI=1S/C18H27N3O2.2ClH/c19-18(8-4-5-9-18)17(22)21-12-10-20(11-13-21)14-15-23-16-6-2-1-3-7-16;;/h1-3,6-7H,4-5,8-15,19H2;2*1H. The third-order valence-corrected chi connectivity index (χ3v) is 5.00. The number of piperazine rings is 1. The molecule has 2 N–H and O–H groups in total. The lowest BCUT2D eigenvalue weighted by Crippen LogP contribution is -2.58. The SMILES string of the molecule is Cl.Cl.NC1(C(=O)N2CCN(CCOc3ccccc3)CC2)CCCC1. The number of para-hydroxylation sites is 1. The Kier molecular flexibility index (Phi) is 9.00. The number of amides is 1. The van der Waals surface area contributed by atoms with Crippen molar-refractivity contribution < 1.29 is 9.53 Å². The van der Waals surface area contributed by atoms with Gasteiger partial charge in [0, 0.05) is 32.7 Å². The first kappa shape index (κ1) is 22.0. The summed E-state index contributed by atoms with van der Waals surface area (Å²) in [5.41, 5.74) is 5.70. The van der Waals surface area contributed by atoms with E-state index in [0.717, 1.165) is 64.2 Å². The van der Waals surface area contributed by atoms with Crippen LogP contribution in [0.3, 0.4) is 0 Å². The van der Waals surface area contributed by atoms with Gasteiger partial charge in [-0.1, -0.05) is 31.0 Å². The van der Waals surface area contributed by atoms with Gasteiger partial charge in [0.1, 0.15) is 12.4 Å². The van der Waals surface area contributed by atoms with Crippen molar-refractivity contribution in [1.82, 2.24) is 9.80 Å². The monoisotopic (exact) mass is 389 g/mol. The molecule has 5 nitrogen and oxygen atoms in total. The molecule has 0 radical (unpaired) electrons. The van der Waals surface area contributed by atoms with Crippen LogP contribution in [0.15, 0.2) is 30.3 Å². The molecule has 1 aromatic rings. The van der Waals surface area contributed by atoms with Crippen LogP contribution in [-0.2, 0) is 4.79 Å². The minimum absolute atomic E-state index is 0. The van der Waals surface area contributed by atoms with Crippen molar-refractivity contribution >= 4 is 30.7 Å². The molecule has 2 fully saturated rings. The summed E-state index contributed by atoms with van der Waals surface area (Å²) in [5, 5.41) is 0. The van der Waals surface area contributed by atoms with Crippen LogP contribution in [0.5, 0.6) is 5.75 Å². The number of carbonyl (C=O) groups excluding carboxylic acids is 1. The van der Waals surface area contributed by atoms with Crippen molar-refractivity contribution in [2.75, 3.05) is 39.3 Å². The first-order valence-electron chi connectivity index (χ1n) is 8.66. The van der Waals surface area contributed by atoms with Crippen molar-refractivity contribution in [2.24, 2.45) is 5.73 Å². The van der Waals surface area contributed by atoms with Crippen LogP contribution in [0, 0.1) is 0 Å². The highest BCUT2D eigenvalue weighted by molar-refractivity contribution is 5.86. The number of rotatable bonds is 5. The van der Waals surface area contributed by atoms with Gasteiger partial charge in [-0.15, -0.1) is 24.8 Å². The minimum atomic E-state index is -0.585. The van der Waals surface area contributed by atoms with E-state index >= 15 is 0 Å². The van der Waals surface area contributed by atoms with Crippen LogP contribution in [0.4, 0.5) is 0 Å². The molecule has 1 saturated heterocycles. The molecule has 1 amide bonds. The number of ether oxygens (including phenoxy) is 1. The van der Waals surface area contributed by atoms with Crippen molar-refractivity contribution in [3.05, 3.63) is 30.3 Å². The van der Waals surface area contributed by atoms with Crippen LogP contribution in [-0.4, -0.2) is 60.6 Å². The number of nitrogens with two attached hydrogens (primary N) is 1. The van der Waals surface area contributed by atoms with Gasteiger partial charge < -0.3 is 15.4 Å². The molecule has 142 valence electrons. The predicted molar refractivity (Wildman–Crippen MR) is 105 cm³/mol. The lowest BCUT2D eigenvalue weighted by atomic mass is 9.97. The maximum absolute atomic E-state index is 12.6. The summed E-state index contributed by atoms with van der Waals surface area (Å²) >= 11 is 0. The van der Waals surface area contributed by atoms with Crippen molar-refractivity contribution in [1.29, 1.82) is 0 Å². The topological polar surface area (TPSA) is 58.8 Å². The first-order chi connectivity index (χ1) is 11.2. The quantitative estimate of drug-likeness (QED) is 0.839. The van der Waals surface area contributed by atoms with Gasteiger partial charge in [0.05, 0.1) is 5.54 Å². The second-order valence-electron chi connectivity index (χ2n) is 6.66. The second kappa shape index (κ2) is 10.2. The summed E-state index contributed by atoms with van der Waals surface area (Å²) in [6.07, 6.45) is 3.85. The Morgan fingerprint density at radius 1 is 1.04 bits per heavy atom. The molecular formula is C18H29Cl2N3O2. The summed E-state index contributed by atoms with van der Waals surface area (Å²) in [4.78, 5) is 16.9. The lowest BCUT2D eigenvalue weighted by Gasteiger charge is -2.38. The summed E-state index contributed by atoms with van der Waals surface area (Å²) in [5.74, 6) is 1.07. The molecule has 7 heteroatoms. The molecule has 0 bridgehead atoms. The van der Waals surface area contributed by atoms with Gasteiger partial charge in [-0.25, -0.2) is 0 Å². The van der Waals surface area contributed by atoms with E-state index in [1.807, 2.05) is 35.2 Å². The van der Waals surface area contributed by atoms with Crippen molar-refractivity contribution in [2.45, 2.75) is 31.2 Å². The zero-order valence-electron chi connectivity index (χ0n) is 14.6. The first-order valence-corrected chi connectivity index (χ1v) is 8.66. The summed E-state index contributed by atoms with van der Waals surface area (Å²) in [6.45, 7) is 4.94. The molecule has 1 heterocycles. The Labute approximate surface area is 162 Å². The van der Waals surface area contributed by atoms with E-state index in [9.17, 15) is 4.79 Å². The Hall–Kier alpha value is -1.01. The Morgan fingerprint density at radius 3 is 2.24 bits per heavy atom. The van der Waals surface area contributed by atoms with E-state index in [-0.39, 0.29) is 30.7 Å². The predicted octanol–water partition coefficient (Wildman–Crippen LogP) is 2.32. The van der Waals surface area contributed by atoms with Crippen molar-refractivity contribution in [3.8, 4) is 5.75 Å². The van der Waals surface area contributed by atoms with Gasteiger partial charge in [-0.3, -0.25) is 9.69 Å². The fraction of sp³-hybridized carbons (Fsp3) is 0.611.